The summed E-state index contributed by atoms with van der Waals surface area (Å²) in [5.41, 5.74) is 5.49. The molecule has 0 radical (unpaired) electrons. The summed E-state index contributed by atoms with van der Waals surface area (Å²) in [6.07, 6.45) is 3.27. The zero-order valence-electron chi connectivity index (χ0n) is 19.4. The van der Waals surface area contributed by atoms with E-state index in [9.17, 15) is 4.79 Å². The van der Waals surface area contributed by atoms with Crippen molar-refractivity contribution in [1.82, 2.24) is 10.3 Å². The number of ether oxygens (including phenoxy) is 2. The second kappa shape index (κ2) is 10.3. The molecule has 1 aromatic heterocycles. The van der Waals surface area contributed by atoms with Crippen LogP contribution in [0.15, 0.2) is 72.9 Å². The van der Waals surface area contributed by atoms with Gasteiger partial charge in [0.2, 0.25) is 5.91 Å². The van der Waals surface area contributed by atoms with E-state index in [1.165, 1.54) is 5.56 Å². The number of rotatable bonds is 9. The van der Waals surface area contributed by atoms with Crippen molar-refractivity contribution in [2.75, 3.05) is 14.2 Å². The highest BCUT2D eigenvalue weighted by Crippen LogP contribution is 2.40. The van der Waals surface area contributed by atoms with Gasteiger partial charge in [0.15, 0.2) is 0 Å². The van der Waals surface area contributed by atoms with Crippen molar-refractivity contribution in [3.8, 4) is 11.5 Å². The van der Waals surface area contributed by atoms with Gasteiger partial charge in [-0.15, -0.1) is 0 Å². The van der Waals surface area contributed by atoms with E-state index in [1.807, 2.05) is 54.7 Å². The molecule has 33 heavy (non-hydrogen) atoms. The Balaban J connectivity index is 1.71. The number of nitrogens with one attached hydrogen (secondary N) is 2. The zero-order chi connectivity index (χ0) is 23.2. The van der Waals surface area contributed by atoms with Crippen molar-refractivity contribution >= 4 is 16.8 Å². The van der Waals surface area contributed by atoms with Crippen LogP contribution in [0.3, 0.4) is 0 Å². The number of aromatic nitrogens is 1. The lowest BCUT2D eigenvalue weighted by Crippen LogP contribution is -2.25. The highest BCUT2D eigenvalue weighted by molar-refractivity contribution is 5.88. The summed E-state index contributed by atoms with van der Waals surface area (Å²) < 4.78 is 11.1. The molecule has 0 aliphatic carbocycles. The Morgan fingerprint density at radius 3 is 2.52 bits per heavy atom. The number of amides is 1. The average molecular weight is 443 g/mol. The van der Waals surface area contributed by atoms with E-state index in [-0.39, 0.29) is 11.8 Å². The predicted octanol–water partition coefficient (Wildman–Crippen LogP) is 5.59. The molecule has 5 heteroatoms. The minimum absolute atomic E-state index is 0.0114. The van der Waals surface area contributed by atoms with E-state index in [2.05, 4.69) is 35.4 Å². The van der Waals surface area contributed by atoms with E-state index in [1.54, 1.807) is 14.2 Å². The third-order valence-corrected chi connectivity index (χ3v) is 6.13. The van der Waals surface area contributed by atoms with E-state index in [0.29, 0.717) is 18.7 Å². The van der Waals surface area contributed by atoms with Gasteiger partial charge in [-0.25, -0.2) is 0 Å². The maximum atomic E-state index is 13.1. The molecule has 1 amide bonds. The van der Waals surface area contributed by atoms with Crippen LogP contribution in [-0.2, 0) is 17.8 Å². The molecule has 0 saturated carbocycles. The normalized spacial score (nSPS) is 11.8. The summed E-state index contributed by atoms with van der Waals surface area (Å²) in [5.74, 6) is 1.23. The summed E-state index contributed by atoms with van der Waals surface area (Å²) in [7, 11) is 3.28. The van der Waals surface area contributed by atoms with Crippen molar-refractivity contribution in [3.05, 3.63) is 95.2 Å². The molecule has 4 rings (SSSR count). The predicted molar refractivity (Wildman–Crippen MR) is 132 cm³/mol. The fraction of sp³-hybridized carbons (Fsp3) is 0.250. The van der Waals surface area contributed by atoms with Gasteiger partial charge in [-0.2, -0.15) is 0 Å². The smallest absolute Gasteiger partial charge is 0.221 e. The van der Waals surface area contributed by atoms with Gasteiger partial charge in [-0.1, -0.05) is 61.5 Å². The van der Waals surface area contributed by atoms with E-state index in [0.717, 1.165) is 39.8 Å². The van der Waals surface area contributed by atoms with Gasteiger partial charge in [-0.05, 0) is 29.2 Å². The van der Waals surface area contributed by atoms with Gasteiger partial charge >= 0.3 is 0 Å². The van der Waals surface area contributed by atoms with Crippen LogP contribution < -0.4 is 14.8 Å². The number of fused-ring (bicyclic) bond motifs is 1. The molecule has 4 aromatic rings. The Bertz CT molecular complexity index is 1230. The largest absolute Gasteiger partial charge is 0.497 e. The summed E-state index contributed by atoms with van der Waals surface area (Å²) in [6.45, 7) is 2.65. The van der Waals surface area contributed by atoms with Crippen LogP contribution >= 0.6 is 0 Å². The standard InChI is InChI=1S/C28H30N2O3/c1-4-20-11-8-12-23-25(18-30-28(20)23)24(22-14-13-21(32-2)15-26(22)33-3)16-27(31)29-17-19-9-6-5-7-10-19/h5-15,18,24,30H,4,16-17H2,1-3H3,(H,29,31)/t24-/m1/s1. The second-order valence-electron chi connectivity index (χ2n) is 8.06. The third kappa shape index (κ3) is 4.87. The lowest BCUT2D eigenvalue weighted by Gasteiger charge is -2.20. The summed E-state index contributed by atoms with van der Waals surface area (Å²) in [4.78, 5) is 16.5. The first kappa shape index (κ1) is 22.5. The number of H-pyrrole nitrogens is 1. The molecule has 2 N–H and O–H groups in total. The van der Waals surface area contributed by atoms with Gasteiger partial charge in [-0.3, -0.25) is 4.79 Å². The lowest BCUT2D eigenvalue weighted by molar-refractivity contribution is -0.121. The van der Waals surface area contributed by atoms with Crippen LogP contribution in [0.1, 0.15) is 41.5 Å². The molecule has 1 heterocycles. The third-order valence-electron chi connectivity index (χ3n) is 6.13. The number of benzene rings is 3. The highest BCUT2D eigenvalue weighted by atomic mass is 16.5. The average Bonchev–Trinajstić information content (AvgIpc) is 3.30. The van der Waals surface area contributed by atoms with Crippen LogP contribution in [0.5, 0.6) is 11.5 Å². The number of methoxy groups -OCH3 is 2. The molecule has 0 unspecified atom stereocenters. The number of carbonyl (C=O) groups is 1. The van der Waals surface area contributed by atoms with Crippen molar-refractivity contribution in [3.63, 3.8) is 0 Å². The van der Waals surface area contributed by atoms with Gasteiger partial charge < -0.3 is 19.8 Å². The van der Waals surface area contributed by atoms with Gasteiger partial charge in [0.05, 0.1) is 14.2 Å². The molecular weight excluding hydrogens is 412 g/mol. The topological polar surface area (TPSA) is 63.4 Å². The Morgan fingerprint density at radius 2 is 1.79 bits per heavy atom. The first-order chi connectivity index (χ1) is 16.1. The van der Waals surface area contributed by atoms with Crippen molar-refractivity contribution < 1.29 is 14.3 Å². The van der Waals surface area contributed by atoms with Crippen LogP contribution in [0.2, 0.25) is 0 Å². The monoisotopic (exact) mass is 442 g/mol. The molecule has 0 bridgehead atoms. The van der Waals surface area contributed by atoms with Gasteiger partial charge in [0.1, 0.15) is 11.5 Å². The number of aromatic amines is 1. The van der Waals surface area contributed by atoms with Crippen LogP contribution in [0.4, 0.5) is 0 Å². The minimum Gasteiger partial charge on any atom is -0.497 e. The number of carbonyl (C=O) groups excluding carboxylic acids is 1. The first-order valence-corrected chi connectivity index (χ1v) is 11.3. The Morgan fingerprint density at radius 1 is 0.970 bits per heavy atom. The Labute approximate surface area is 194 Å². The number of aryl methyl sites for hydroxylation is 1. The molecule has 0 aliphatic rings. The lowest BCUT2D eigenvalue weighted by atomic mass is 9.87. The molecule has 5 nitrogen and oxygen atoms in total. The van der Waals surface area contributed by atoms with E-state index < -0.39 is 0 Å². The maximum Gasteiger partial charge on any atom is 0.221 e. The molecule has 170 valence electrons. The summed E-state index contributed by atoms with van der Waals surface area (Å²) in [5, 5.41) is 4.21. The van der Waals surface area contributed by atoms with Crippen LogP contribution in [-0.4, -0.2) is 25.1 Å². The van der Waals surface area contributed by atoms with Crippen LogP contribution in [0.25, 0.3) is 10.9 Å². The fourth-order valence-corrected chi connectivity index (χ4v) is 4.37. The Kier molecular flexibility index (Phi) is 6.98. The number of hydrogen-bond donors (Lipinski definition) is 2. The molecule has 0 aliphatic heterocycles. The molecule has 1 atom stereocenters. The molecular formula is C28H30N2O3. The zero-order valence-corrected chi connectivity index (χ0v) is 19.4. The van der Waals surface area contributed by atoms with Crippen molar-refractivity contribution in [1.29, 1.82) is 0 Å². The minimum atomic E-state index is -0.178. The molecule has 3 aromatic carbocycles. The fourth-order valence-electron chi connectivity index (χ4n) is 4.37. The summed E-state index contributed by atoms with van der Waals surface area (Å²) in [6, 6.07) is 22.1. The Hall–Kier alpha value is -3.73. The first-order valence-electron chi connectivity index (χ1n) is 11.3. The maximum absolute atomic E-state index is 13.1. The van der Waals surface area contributed by atoms with Gasteiger partial charge in [0, 0.05) is 47.6 Å². The van der Waals surface area contributed by atoms with Crippen molar-refractivity contribution in [2.45, 2.75) is 32.2 Å². The molecule has 0 fully saturated rings. The number of hydrogen-bond acceptors (Lipinski definition) is 3. The number of para-hydroxylation sites is 1. The molecule has 0 saturated heterocycles. The van der Waals surface area contributed by atoms with E-state index in [4.69, 9.17) is 9.47 Å². The highest BCUT2D eigenvalue weighted by Gasteiger charge is 2.25. The van der Waals surface area contributed by atoms with Crippen LogP contribution in [0, 0.1) is 0 Å². The molecule has 0 spiro atoms. The quantitative estimate of drug-likeness (QED) is 0.355. The van der Waals surface area contributed by atoms with Gasteiger partial charge in [0.25, 0.3) is 0 Å². The SMILES string of the molecule is CCc1cccc2c([C@H](CC(=O)NCc3ccccc3)c3ccc(OC)cc3OC)c[nH]c12. The van der Waals surface area contributed by atoms with Crippen molar-refractivity contribution in [2.24, 2.45) is 0 Å². The second-order valence-corrected chi connectivity index (χ2v) is 8.06. The summed E-state index contributed by atoms with van der Waals surface area (Å²) >= 11 is 0. The van der Waals surface area contributed by atoms with E-state index >= 15 is 0 Å².